The molecule has 0 fully saturated rings. The van der Waals surface area contributed by atoms with Gasteiger partial charge in [-0.05, 0) is 49.4 Å². The van der Waals surface area contributed by atoms with Crippen LogP contribution in [0, 0.1) is 0 Å². The number of thiophene rings is 1. The number of anilines is 3. The molecule has 0 saturated heterocycles. The van der Waals surface area contributed by atoms with E-state index in [1.807, 2.05) is 13.0 Å². The van der Waals surface area contributed by atoms with Crippen LogP contribution in [0.2, 0.25) is 0 Å². The smallest absolute Gasteiger partial charge is 0.263 e. The maximum absolute atomic E-state index is 13.0. The second-order valence-electron chi connectivity index (χ2n) is 7.95. The van der Waals surface area contributed by atoms with Crippen molar-refractivity contribution in [2.24, 2.45) is 0 Å². The molecule has 3 aromatic rings. The van der Waals surface area contributed by atoms with Crippen molar-refractivity contribution in [3.8, 4) is 5.75 Å². The summed E-state index contributed by atoms with van der Waals surface area (Å²) in [5.74, 6) is -0.0425. The van der Waals surface area contributed by atoms with Crippen molar-refractivity contribution in [3.63, 3.8) is 0 Å². The van der Waals surface area contributed by atoms with Crippen LogP contribution in [0.1, 0.15) is 27.0 Å². The average Bonchev–Trinajstić information content (AvgIpc) is 3.12. The summed E-state index contributed by atoms with van der Waals surface area (Å²) in [5.41, 5.74) is 2.36. The summed E-state index contributed by atoms with van der Waals surface area (Å²) in [6.07, 6.45) is 1.26. The van der Waals surface area contributed by atoms with Gasteiger partial charge in [0.05, 0.1) is 17.9 Å². The summed E-state index contributed by atoms with van der Waals surface area (Å²) in [7, 11) is 0. The van der Waals surface area contributed by atoms with Crippen molar-refractivity contribution in [3.05, 3.63) is 59.5 Å². The normalized spacial score (nSPS) is 17.1. The molecule has 5 rings (SSSR count). The Morgan fingerprint density at radius 2 is 2.12 bits per heavy atom. The number of nitrogens with one attached hydrogen (secondary N) is 3. The van der Waals surface area contributed by atoms with Gasteiger partial charge < -0.3 is 25.6 Å². The number of carbonyl (C=O) groups is 3. The molecule has 3 N–H and O–H groups in total. The number of hydrogen-bond acceptors (Lipinski definition) is 6. The molecule has 0 bridgehead atoms. The standard InChI is InChI=1S/C24H22N4O4S/c1-3-20(29)28-8-9-32-18-6-5-15(11-17(18)28)27-23(30)14-4-7-19-16(10-14)21-22(33-19)24(31)26-13(2)12-25-21/h3-7,10-11,13,25H,1,8-9,12H2,2H3,(H,26,31)(H,27,30)/t13-/m1/s1. The first-order valence-electron chi connectivity index (χ1n) is 10.6. The predicted octanol–water partition coefficient (Wildman–Crippen LogP) is 3.61. The minimum atomic E-state index is -0.290. The Hall–Kier alpha value is -3.85. The molecular formula is C24H22N4O4S. The summed E-state index contributed by atoms with van der Waals surface area (Å²) in [6, 6.07) is 10.6. The Labute approximate surface area is 194 Å². The summed E-state index contributed by atoms with van der Waals surface area (Å²) < 4.78 is 6.56. The first-order chi connectivity index (χ1) is 15.9. The first-order valence-corrected chi connectivity index (χ1v) is 11.4. The summed E-state index contributed by atoms with van der Waals surface area (Å²) in [4.78, 5) is 39.9. The van der Waals surface area contributed by atoms with E-state index in [1.54, 1.807) is 35.2 Å². The number of nitrogens with zero attached hydrogens (tertiary/aromatic N) is 1. The van der Waals surface area contributed by atoms with Crippen LogP contribution in [0.3, 0.4) is 0 Å². The van der Waals surface area contributed by atoms with Gasteiger partial charge in [0.2, 0.25) is 0 Å². The molecule has 1 atom stereocenters. The largest absolute Gasteiger partial charge is 0.490 e. The molecule has 0 radical (unpaired) electrons. The molecule has 9 heteroatoms. The topological polar surface area (TPSA) is 99.8 Å². The molecule has 168 valence electrons. The van der Waals surface area contributed by atoms with E-state index in [4.69, 9.17) is 4.74 Å². The molecule has 2 aromatic carbocycles. The fraction of sp³-hybridized carbons (Fsp3) is 0.208. The van der Waals surface area contributed by atoms with Crippen molar-refractivity contribution in [1.82, 2.24) is 5.32 Å². The molecule has 0 aliphatic carbocycles. The van der Waals surface area contributed by atoms with Gasteiger partial charge in [0.15, 0.2) is 0 Å². The average molecular weight is 463 g/mol. The zero-order chi connectivity index (χ0) is 23.1. The molecule has 1 aromatic heterocycles. The van der Waals surface area contributed by atoms with E-state index in [2.05, 4.69) is 22.5 Å². The number of rotatable bonds is 3. The zero-order valence-electron chi connectivity index (χ0n) is 17.9. The van der Waals surface area contributed by atoms with Crippen molar-refractivity contribution < 1.29 is 19.1 Å². The van der Waals surface area contributed by atoms with Crippen LogP contribution in [0.25, 0.3) is 10.1 Å². The molecule has 0 spiro atoms. The van der Waals surface area contributed by atoms with Gasteiger partial charge >= 0.3 is 0 Å². The predicted molar refractivity (Wildman–Crippen MR) is 130 cm³/mol. The third kappa shape index (κ3) is 3.80. The number of hydrogen-bond donors (Lipinski definition) is 3. The van der Waals surface area contributed by atoms with E-state index in [0.717, 1.165) is 15.8 Å². The lowest BCUT2D eigenvalue weighted by molar-refractivity contribution is -0.114. The lowest BCUT2D eigenvalue weighted by Gasteiger charge is -2.29. The number of ether oxygens (including phenoxy) is 1. The Balaban J connectivity index is 1.44. The minimum Gasteiger partial charge on any atom is -0.490 e. The SMILES string of the molecule is C=CC(=O)N1CCOc2ccc(NC(=O)c3ccc4sc5c(c4c3)NC[C@@H](C)NC5=O)cc21. The van der Waals surface area contributed by atoms with Crippen molar-refractivity contribution in [1.29, 1.82) is 0 Å². The number of carbonyl (C=O) groups excluding carboxylic acids is 3. The number of fused-ring (bicyclic) bond motifs is 4. The van der Waals surface area contributed by atoms with Crippen LogP contribution in [-0.2, 0) is 4.79 Å². The molecule has 0 saturated carbocycles. The fourth-order valence-electron chi connectivity index (χ4n) is 4.01. The van der Waals surface area contributed by atoms with E-state index in [0.29, 0.717) is 47.3 Å². The fourth-order valence-corrected chi connectivity index (χ4v) is 5.07. The molecule has 33 heavy (non-hydrogen) atoms. The van der Waals surface area contributed by atoms with Gasteiger partial charge in [0, 0.05) is 33.9 Å². The lowest BCUT2D eigenvalue weighted by Crippen LogP contribution is -2.36. The Kier molecular flexibility index (Phi) is 5.26. The highest BCUT2D eigenvalue weighted by molar-refractivity contribution is 7.21. The van der Waals surface area contributed by atoms with Gasteiger partial charge in [0.1, 0.15) is 17.2 Å². The lowest BCUT2D eigenvalue weighted by atomic mass is 10.1. The quantitative estimate of drug-likeness (QED) is 0.517. The molecular weight excluding hydrogens is 440 g/mol. The van der Waals surface area contributed by atoms with Gasteiger partial charge in [-0.25, -0.2) is 0 Å². The Morgan fingerprint density at radius 1 is 1.27 bits per heavy atom. The second-order valence-corrected chi connectivity index (χ2v) is 9.00. The van der Waals surface area contributed by atoms with Crippen LogP contribution < -0.4 is 25.6 Å². The van der Waals surface area contributed by atoms with Gasteiger partial charge in [0.25, 0.3) is 17.7 Å². The number of benzene rings is 2. The van der Waals surface area contributed by atoms with Gasteiger partial charge in [-0.2, -0.15) is 0 Å². The minimum absolute atomic E-state index is 0.0131. The molecule has 3 heterocycles. The van der Waals surface area contributed by atoms with E-state index in [9.17, 15) is 14.4 Å². The maximum atomic E-state index is 13.0. The van der Waals surface area contributed by atoms with Crippen molar-refractivity contribution in [2.45, 2.75) is 13.0 Å². The third-order valence-corrected chi connectivity index (χ3v) is 6.81. The number of amides is 3. The highest BCUT2D eigenvalue weighted by Gasteiger charge is 2.25. The highest BCUT2D eigenvalue weighted by Crippen LogP contribution is 2.38. The van der Waals surface area contributed by atoms with Crippen LogP contribution in [0.4, 0.5) is 17.1 Å². The molecule has 0 unspecified atom stereocenters. The third-order valence-electron chi connectivity index (χ3n) is 5.64. The molecule has 8 nitrogen and oxygen atoms in total. The monoisotopic (exact) mass is 462 g/mol. The van der Waals surface area contributed by atoms with Crippen molar-refractivity contribution in [2.75, 3.05) is 35.2 Å². The second kappa shape index (κ2) is 8.25. The van der Waals surface area contributed by atoms with Gasteiger partial charge in [-0.3, -0.25) is 14.4 Å². The zero-order valence-corrected chi connectivity index (χ0v) is 18.8. The van der Waals surface area contributed by atoms with Crippen LogP contribution >= 0.6 is 11.3 Å². The van der Waals surface area contributed by atoms with Crippen molar-refractivity contribution >= 4 is 56.2 Å². The summed E-state index contributed by atoms with van der Waals surface area (Å²) >= 11 is 1.40. The Morgan fingerprint density at radius 3 is 2.94 bits per heavy atom. The van der Waals surface area contributed by atoms with E-state index in [1.165, 1.54) is 17.4 Å². The van der Waals surface area contributed by atoms with E-state index < -0.39 is 0 Å². The molecule has 3 amide bonds. The Bertz CT molecular complexity index is 1320. The molecule has 2 aliphatic rings. The highest BCUT2D eigenvalue weighted by atomic mass is 32.1. The molecule has 2 aliphatic heterocycles. The maximum Gasteiger partial charge on any atom is 0.263 e. The summed E-state index contributed by atoms with van der Waals surface area (Å²) in [5, 5.41) is 10.0. The van der Waals surface area contributed by atoms with Crippen LogP contribution in [-0.4, -0.2) is 43.5 Å². The van der Waals surface area contributed by atoms with Crippen LogP contribution in [0.5, 0.6) is 5.75 Å². The van der Waals surface area contributed by atoms with Gasteiger partial charge in [-0.15, -0.1) is 11.3 Å². The first kappa shape index (κ1) is 21.0. The summed E-state index contributed by atoms with van der Waals surface area (Å²) in [6.45, 7) is 6.91. The van der Waals surface area contributed by atoms with E-state index >= 15 is 0 Å². The van der Waals surface area contributed by atoms with Crippen LogP contribution in [0.15, 0.2) is 49.1 Å². The van der Waals surface area contributed by atoms with E-state index in [-0.39, 0.29) is 23.8 Å². The van der Waals surface area contributed by atoms with Gasteiger partial charge in [-0.1, -0.05) is 6.58 Å².